The smallest absolute Gasteiger partial charge is 0.330 e. The molecule has 2 aromatic rings. The lowest BCUT2D eigenvalue weighted by Crippen LogP contribution is -2.38. The van der Waals surface area contributed by atoms with Crippen molar-refractivity contribution in [1.29, 1.82) is 0 Å². The summed E-state index contributed by atoms with van der Waals surface area (Å²) in [6.45, 7) is 0. The van der Waals surface area contributed by atoms with E-state index in [4.69, 9.17) is 0 Å². The first-order valence-electron chi connectivity index (χ1n) is 5.89. The molecule has 0 unspecified atom stereocenters. The Kier molecular flexibility index (Phi) is 3.98. The van der Waals surface area contributed by atoms with Gasteiger partial charge in [0.25, 0.3) is 11.5 Å². The molecule has 1 atom stereocenters. The second-order valence-corrected chi connectivity index (χ2v) is 4.14. The number of aromatic amines is 2. The van der Waals surface area contributed by atoms with Gasteiger partial charge >= 0.3 is 11.7 Å². The molecule has 0 bridgehead atoms. The Balaban J connectivity index is 2.29. The van der Waals surface area contributed by atoms with Gasteiger partial charge in [0, 0.05) is 6.20 Å². The molecule has 0 radical (unpaired) electrons. The van der Waals surface area contributed by atoms with Gasteiger partial charge in [-0.3, -0.25) is 14.6 Å². The van der Waals surface area contributed by atoms with Gasteiger partial charge < -0.3 is 15.4 Å². The maximum absolute atomic E-state index is 11.9. The van der Waals surface area contributed by atoms with Crippen LogP contribution in [0.15, 0.2) is 46.1 Å². The third-order valence-electron chi connectivity index (χ3n) is 2.72. The van der Waals surface area contributed by atoms with Gasteiger partial charge in [0.05, 0.1) is 0 Å². The summed E-state index contributed by atoms with van der Waals surface area (Å²) in [6.07, 6.45) is 0.931. The highest BCUT2D eigenvalue weighted by molar-refractivity contribution is 5.96. The molecule has 0 aliphatic carbocycles. The largest absolute Gasteiger partial charge is 0.479 e. The van der Waals surface area contributed by atoms with E-state index in [1.165, 1.54) is 12.1 Å². The number of carboxylic acids is 1. The quantitative estimate of drug-likeness (QED) is 0.609. The van der Waals surface area contributed by atoms with Gasteiger partial charge in [0.15, 0.2) is 6.04 Å². The number of carbonyl (C=O) groups is 2. The zero-order valence-electron chi connectivity index (χ0n) is 10.6. The highest BCUT2D eigenvalue weighted by atomic mass is 16.4. The minimum Gasteiger partial charge on any atom is -0.479 e. The van der Waals surface area contributed by atoms with E-state index < -0.39 is 29.2 Å². The zero-order chi connectivity index (χ0) is 15.4. The highest BCUT2D eigenvalue weighted by Gasteiger charge is 2.23. The van der Waals surface area contributed by atoms with Crippen LogP contribution < -0.4 is 16.6 Å². The second-order valence-electron chi connectivity index (χ2n) is 4.14. The van der Waals surface area contributed by atoms with Gasteiger partial charge in [-0.15, -0.1) is 0 Å². The topological polar surface area (TPSA) is 132 Å². The summed E-state index contributed by atoms with van der Waals surface area (Å²) in [5.74, 6) is -2.17. The fourth-order valence-electron chi connectivity index (χ4n) is 1.72. The average Bonchev–Trinajstić information content (AvgIpc) is 2.45. The van der Waals surface area contributed by atoms with E-state index in [0.29, 0.717) is 5.56 Å². The monoisotopic (exact) mass is 289 g/mol. The molecule has 0 aliphatic rings. The zero-order valence-corrected chi connectivity index (χ0v) is 10.6. The van der Waals surface area contributed by atoms with Crippen LogP contribution in [0.4, 0.5) is 0 Å². The molecule has 0 aliphatic heterocycles. The maximum Gasteiger partial charge on any atom is 0.330 e. The Hall–Kier alpha value is -3.16. The minimum atomic E-state index is -1.30. The van der Waals surface area contributed by atoms with Crippen molar-refractivity contribution in [3.8, 4) is 0 Å². The SMILES string of the molecule is O=C(N[C@H](C(=O)O)c1ccccc1)c1c[nH]c(=O)[nH]c1=O. The average molecular weight is 289 g/mol. The van der Waals surface area contributed by atoms with E-state index in [9.17, 15) is 24.3 Å². The summed E-state index contributed by atoms with van der Waals surface area (Å²) < 4.78 is 0. The number of hydrogen-bond donors (Lipinski definition) is 4. The number of rotatable bonds is 4. The maximum atomic E-state index is 11.9. The van der Waals surface area contributed by atoms with E-state index in [2.05, 4.69) is 10.3 Å². The van der Waals surface area contributed by atoms with Crippen LogP contribution in [0.1, 0.15) is 22.0 Å². The fraction of sp³-hybridized carbons (Fsp3) is 0.0769. The molecule has 21 heavy (non-hydrogen) atoms. The summed E-state index contributed by atoms with van der Waals surface area (Å²) in [7, 11) is 0. The second kappa shape index (κ2) is 5.87. The molecule has 2 rings (SSSR count). The van der Waals surface area contributed by atoms with E-state index in [1.54, 1.807) is 18.2 Å². The Morgan fingerprint density at radius 1 is 1.14 bits per heavy atom. The summed E-state index contributed by atoms with van der Waals surface area (Å²) in [5, 5.41) is 11.4. The normalized spacial score (nSPS) is 11.6. The molecular weight excluding hydrogens is 278 g/mol. The number of H-pyrrole nitrogens is 2. The van der Waals surface area contributed by atoms with E-state index in [1.807, 2.05) is 4.98 Å². The molecular formula is C13H11N3O5. The Morgan fingerprint density at radius 3 is 2.38 bits per heavy atom. The number of aliphatic carboxylic acids is 1. The molecule has 4 N–H and O–H groups in total. The molecule has 0 saturated carbocycles. The Labute approximate surface area is 117 Å². The highest BCUT2D eigenvalue weighted by Crippen LogP contribution is 2.13. The first-order valence-corrected chi connectivity index (χ1v) is 5.89. The van der Waals surface area contributed by atoms with Gasteiger partial charge in [-0.05, 0) is 5.56 Å². The van der Waals surface area contributed by atoms with Crippen LogP contribution in [-0.2, 0) is 4.79 Å². The first-order chi connectivity index (χ1) is 9.99. The fourth-order valence-corrected chi connectivity index (χ4v) is 1.72. The standard InChI is InChI=1S/C13H11N3O5/c17-10(8-6-14-13(21)16-11(8)18)15-9(12(19)20)7-4-2-1-3-5-7/h1-6,9H,(H,15,17)(H,19,20)(H2,14,16,18,21)/t9-/m0/s1. The number of nitrogens with one attached hydrogen (secondary N) is 3. The molecule has 8 nitrogen and oxygen atoms in total. The van der Waals surface area contributed by atoms with Crippen molar-refractivity contribution < 1.29 is 14.7 Å². The van der Waals surface area contributed by atoms with Gasteiger partial charge in [0.1, 0.15) is 5.56 Å². The summed E-state index contributed by atoms with van der Waals surface area (Å²) in [6, 6.07) is 6.74. The predicted molar refractivity (Wildman–Crippen MR) is 72.0 cm³/mol. The number of carboxylic acid groups (broad SMARTS) is 1. The lowest BCUT2D eigenvalue weighted by atomic mass is 10.1. The Bertz CT molecular complexity index is 778. The molecule has 8 heteroatoms. The van der Waals surface area contributed by atoms with Gasteiger partial charge in [-0.1, -0.05) is 30.3 Å². The van der Waals surface area contributed by atoms with Crippen LogP contribution in [0.2, 0.25) is 0 Å². The molecule has 1 aromatic heterocycles. The van der Waals surface area contributed by atoms with Crippen LogP contribution in [-0.4, -0.2) is 27.0 Å². The summed E-state index contributed by atoms with van der Waals surface area (Å²) >= 11 is 0. The third kappa shape index (κ3) is 3.24. The van der Waals surface area contributed by atoms with Crippen molar-refractivity contribution >= 4 is 11.9 Å². The minimum absolute atomic E-state index is 0.360. The third-order valence-corrected chi connectivity index (χ3v) is 2.72. The van der Waals surface area contributed by atoms with Crippen molar-refractivity contribution in [2.75, 3.05) is 0 Å². The number of carbonyl (C=O) groups excluding carboxylic acids is 1. The van der Waals surface area contributed by atoms with Gasteiger partial charge in [-0.25, -0.2) is 9.59 Å². The van der Waals surface area contributed by atoms with Crippen molar-refractivity contribution in [2.24, 2.45) is 0 Å². The molecule has 0 saturated heterocycles. The molecule has 1 heterocycles. The molecule has 0 spiro atoms. The van der Waals surface area contributed by atoms with E-state index in [-0.39, 0.29) is 5.56 Å². The summed E-state index contributed by atoms with van der Waals surface area (Å²) in [5.41, 5.74) is -1.67. The van der Waals surface area contributed by atoms with Gasteiger partial charge in [0.2, 0.25) is 0 Å². The lowest BCUT2D eigenvalue weighted by molar-refractivity contribution is -0.139. The van der Waals surface area contributed by atoms with Crippen molar-refractivity contribution in [2.45, 2.75) is 6.04 Å². The number of amides is 1. The van der Waals surface area contributed by atoms with Crippen LogP contribution in [0.25, 0.3) is 0 Å². The van der Waals surface area contributed by atoms with Crippen molar-refractivity contribution in [3.63, 3.8) is 0 Å². The van der Waals surface area contributed by atoms with Crippen LogP contribution in [0.5, 0.6) is 0 Å². The molecule has 1 aromatic carbocycles. The molecule has 1 amide bonds. The van der Waals surface area contributed by atoms with Crippen LogP contribution >= 0.6 is 0 Å². The van der Waals surface area contributed by atoms with Gasteiger partial charge in [-0.2, -0.15) is 0 Å². The van der Waals surface area contributed by atoms with E-state index >= 15 is 0 Å². The first kappa shape index (κ1) is 14.3. The predicted octanol–water partition coefficient (Wildman–Crippen LogP) is -0.381. The van der Waals surface area contributed by atoms with Crippen LogP contribution in [0.3, 0.4) is 0 Å². The molecule has 0 fully saturated rings. The summed E-state index contributed by atoms with van der Waals surface area (Å²) in [4.78, 5) is 49.6. The Morgan fingerprint density at radius 2 is 1.81 bits per heavy atom. The molecule has 108 valence electrons. The lowest BCUT2D eigenvalue weighted by Gasteiger charge is -2.14. The number of benzene rings is 1. The number of hydrogen-bond acceptors (Lipinski definition) is 4. The number of aromatic nitrogens is 2. The van der Waals surface area contributed by atoms with Crippen molar-refractivity contribution in [1.82, 2.24) is 15.3 Å². The van der Waals surface area contributed by atoms with Crippen LogP contribution in [0, 0.1) is 0 Å². The van der Waals surface area contributed by atoms with E-state index in [0.717, 1.165) is 6.20 Å². The van der Waals surface area contributed by atoms with Crippen molar-refractivity contribution in [3.05, 3.63) is 68.5 Å².